The van der Waals surface area contributed by atoms with E-state index in [4.69, 9.17) is 20.9 Å². The normalized spacial score (nSPS) is 10.5. The molecule has 0 aliphatic heterocycles. The van der Waals surface area contributed by atoms with E-state index in [0.29, 0.717) is 16.4 Å². The van der Waals surface area contributed by atoms with Gasteiger partial charge in [0.05, 0.1) is 13.7 Å². The van der Waals surface area contributed by atoms with Crippen LogP contribution in [0.25, 0.3) is 11.4 Å². The summed E-state index contributed by atoms with van der Waals surface area (Å²) in [5, 5.41) is 7.05. The van der Waals surface area contributed by atoms with Crippen molar-refractivity contribution in [3.05, 3.63) is 65.0 Å². The SMILES string of the molecule is COc1ccc(-c2noc(CNC(=O)CCC(=O)c3cccc(Cl)c3)n2)cc1. The van der Waals surface area contributed by atoms with Crippen LogP contribution >= 0.6 is 11.6 Å². The second-order valence-electron chi connectivity index (χ2n) is 5.95. The standard InChI is InChI=1S/C20H18ClN3O4/c1-27-16-7-5-13(6-8-16)20-23-19(28-24-20)12-22-18(26)10-9-17(25)14-3-2-4-15(21)11-14/h2-8,11H,9-10,12H2,1H3,(H,22,26). The zero-order valence-electron chi connectivity index (χ0n) is 15.1. The van der Waals surface area contributed by atoms with Gasteiger partial charge in [-0.1, -0.05) is 28.9 Å². The summed E-state index contributed by atoms with van der Waals surface area (Å²) in [5.41, 5.74) is 1.26. The highest BCUT2D eigenvalue weighted by atomic mass is 35.5. The van der Waals surface area contributed by atoms with Gasteiger partial charge in [-0.15, -0.1) is 0 Å². The summed E-state index contributed by atoms with van der Waals surface area (Å²) in [4.78, 5) is 28.3. The van der Waals surface area contributed by atoms with Crippen LogP contribution in [0.2, 0.25) is 5.02 Å². The van der Waals surface area contributed by atoms with Crippen LogP contribution in [-0.4, -0.2) is 28.9 Å². The molecule has 8 heteroatoms. The minimum absolute atomic E-state index is 0.0603. The number of carbonyl (C=O) groups excluding carboxylic acids is 2. The molecule has 0 saturated heterocycles. The van der Waals surface area contributed by atoms with E-state index in [1.54, 1.807) is 43.5 Å². The molecule has 3 rings (SSSR count). The summed E-state index contributed by atoms with van der Waals surface area (Å²) in [6.45, 7) is 0.0906. The lowest BCUT2D eigenvalue weighted by atomic mass is 10.1. The van der Waals surface area contributed by atoms with Crippen molar-refractivity contribution < 1.29 is 18.8 Å². The molecule has 0 bridgehead atoms. The van der Waals surface area contributed by atoms with Crippen molar-refractivity contribution >= 4 is 23.3 Å². The Morgan fingerprint density at radius 3 is 2.64 bits per heavy atom. The highest BCUT2D eigenvalue weighted by Crippen LogP contribution is 2.19. The van der Waals surface area contributed by atoms with Gasteiger partial charge in [0.2, 0.25) is 17.6 Å². The Hall–Kier alpha value is -3.19. The van der Waals surface area contributed by atoms with Crippen LogP contribution in [0.4, 0.5) is 0 Å². The summed E-state index contributed by atoms with van der Waals surface area (Å²) in [6.07, 6.45) is 0.151. The van der Waals surface area contributed by atoms with Gasteiger partial charge in [-0.3, -0.25) is 9.59 Å². The number of ketones is 1. The van der Waals surface area contributed by atoms with Gasteiger partial charge >= 0.3 is 0 Å². The van der Waals surface area contributed by atoms with E-state index in [0.717, 1.165) is 11.3 Å². The largest absolute Gasteiger partial charge is 0.497 e. The fourth-order valence-corrected chi connectivity index (χ4v) is 2.67. The number of nitrogens with zero attached hydrogens (tertiary/aromatic N) is 2. The van der Waals surface area contributed by atoms with E-state index >= 15 is 0 Å². The molecule has 1 heterocycles. The van der Waals surface area contributed by atoms with Gasteiger partial charge < -0.3 is 14.6 Å². The summed E-state index contributed by atoms with van der Waals surface area (Å²) >= 11 is 5.87. The van der Waals surface area contributed by atoms with E-state index in [-0.39, 0.29) is 37.0 Å². The molecule has 7 nitrogen and oxygen atoms in total. The molecule has 1 aromatic heterocycles. The van der Waals surface area contributed by atoms with Crippen molar-refractivity contribution in [1.82, 2.24) is 15.5 Å². The lowest BCUT2D eigenvalue weighted by molar-refractivity contribution is -0.121. The molecule has 0 spiro atoms. The number of nitrogens with one attached hydrogen (secondary N) is 1. The molecule has 1 N–H and O–H groups in total. The van der Waals surface area contributed by atoms with Gasteiger partial charge in [-0.2, -0.15) is 4.98 Å². The van der Waals surface area contributed by atoms with Gasteiger partial charge in [-0.25, -0.2) is 0 Å². The smallest absolute Gasteiger partial charge is 0.246 e. The molecule has 28 heavy (non-hydrogen) atoms. The summed E-state index contributed by atoms with van der Waals surface area (Å²) < 4.78 is 10.3. The van der Waals surface area contributed by atoms with Gasteiger partial charge in [0.25, 0.3) is 0 Å². The fourth-order valence-electron chi connectivity index (χ4n) is 2.48. The Morgan fingerprint density at radius 2 is 1.93 bits per heavy atom. The molecule has 0 aliphatic carbocycles. The number of methoxy groups -OCH3 is 1. The van der Waals surface area contributed by atoms with Crippen molar-refractivity contribution in [2.45, 2.75) is 19.4 Å². The van der Waals surface area contributed by atoms with Gasteiger partial charge in [0, 0.05) is 29.0 Å². The predicted octanol–water partition coefficient (Wildman–Crippen LogP) is 3.68. The second-order valence-corrected chi connectivity index (χ2v) is 6.39. The van der Waals surface area contributed by atoms with Crippen LogP contribution in [0.3, 0.4) is 0 Å². The minimum Gasteiger partial charge on any atom is -0.497 e. The lowest BCUT2D eigenvalue weighted by Gasteiger charge is -2.03. The van der Waals surface area contributed by atoms with E-state index in [9.17, 15) is 9.59 Å². The van der Waals surface area contributed by atoms with Crippen molar-refractivity contribution in [3.8, 4) is 17.1 Å². The Bertz CT molecular complexity index is 970. The van der Waals surface area contributed by atoms with E-state index < -0.39 is 0 Å². The highest BCUT2D eigenvalue weighted by molar-refractivity contribution is 6.31. The van der Waals surface area contributed by atoms with E-state index in [2.05, 4.69) is 15.5 Å². The van der Waals surface area contributed by atoms with E-state index in [1.165, 1.54) is 0 Å². The summed E-state index contributed by atoms with van der Waals surface area (Å²) in [7, 11) is 1.59. The molecular weight excluding hydrogens is 382 g/mol. The first-order valence-electron chi connectivity index (χ1n) is 8.57. The third kappa shape index (κ3) is 5.17. The maximum absolute atomic E-state index is 12.1. The number of hydrogen-bond acceptors (Lipinski definition) is 6. The molecule has 3 aromatic rings. The molecule has 0 fully saturated rings. The van der Waals surface area contributed by atoms with Crippen LogP contribution in [0, 0.1) is 0 Å². The van der Waals surface area contributed by atoms with Gasteiger partial charge in [0.15, 0.2) is 5.78 Å². The lowest BCUT2D eigenvalue weighted by Crippen LogP contribution is -2.23. The number of ether oxygens (including phenoxy) is 1. The average Bonchev–Trinajstić information content (AvgIpc) is 3.19. The number of amides is 1. The number of rotatable bonds is 8. The number of aromatic nitrogens is 2. The number of carbonyl (C=O) groups is 2. The van der Waals surface area contributed by atoms with Crippen molar-refractivity contribution in [3.63, 3.8) is 0 Å². The first-order chi connectivity index (χ1) is 13.5. The quantitative estimate of drug-likeness (QED) is 0.580. The molecule has 0 atom stereocenters. The van der Waals surface area contributed by atoms with Crippen LogP contribution in [0.15, 0.2) is 53.1 Å². The van der Waals surface area contributed by atoms with Crippen LogP contribution < -0.4 is 10.1 Å². The molecule has 0 unspecified atom stereocenters. The molecule has 0 saturated carbocycles. The highest BCUT2D eigenvalue weighted by Gasteiger charge is 2.12. The van der Waals surface area contributed by atoms with Crippen molar-refractivity contribution in [2.24, 2.45) is 0 Å². The molecule has 1 amide bonds. The monoisotopic (exact) mass is 399 g/mol. The Balaban J connectivity index is 1.48. The third-order valence-electron chi connectivity index (χ3n) is 3.98. The third-order valence-corrected chi connectivity index (χ3v) is 4.21. The van der Waals surface area contributed by atoms with Gasteiger partial charge in [-0.05, 0) is 36.4 Å². The summed E-state index contributed by atoms with van der Waals surface area (Å²) in [6, 6.07) is 13.9. The van der Waals surface area contributed by atoms with Crippen LogP contribution in [-0.2, 0) is 11.3 Å². The average molecular weight is 400 g/mol. The zero-order valence-corrected chi connectivity index (χ0v) is 15.9. The zero-order chi connectivity index (χ0) is 19.9. The Kier molecular flexibility index (Phi) is 6.39. The maximum atomic E-state index is 12.1. The van der Waals surface area contributed by atoms with Crippen molar-refractivity contribution in [2.75, 3.05) is 7.11 Å². The fraction of sp³-hybridized carbons (Fsp3) is 0.200. The number of benzene rings is 2. The van der Waals surface area contributed by atoms with E-state index in [1.807, 2.05) is 12.1 Å². The van der Waals surface area contributed by atoms with Crippen LogP contribution in [0.5, 0.6) is 5.75 Å². The predicted molar refractivity (Wildman–Crippen MR) is 103 cm³/mol. The number of halogens is 1. The molecule has 0 radical (unpaired) electrons. The Labute approximate surface area is 166 Å². The van der Waals surface area contributed by atoms with Crippen molar-refractivity contribution in [1.29, 1.82) is 0 Å². The second kappa shape index (κ2) is 9.14. The molecule has 0 aliphatic rings. The summed E-state index contributed by atoms with van der Waals surface area (Å²) in [5.74, 6) is 1.01. The number of Topliss-reactive ketones (excluding diaryl/α,β-unsaturated/α-hetero) is 1. The molecular formula is C20H18ClN3O4. The molecule has 2 aromatic carbocycles. The van der Waals surface area contributed by atoms with Crippen LogP contribution in [0.1, 0.15) is 29.1 Å². The first-order valence-corrected chi connectivity index (χ1v) is 8.95. The minimum atomic E-state index is -0.278. The molecule has 144 valence electrons. The first kappa shape index (κ1) is 19.6. The maximum Gasteiger partial charge on any atom is 0.246 e. The topological polar surface area (TPSA) is 94.3 Å². The van der Waals surface area contributed by atoms with Gasteiger partial charge in [0.1, 0.15) is 5.75 Å². The number of hydrogen-bond donors (Lipinski definition) is 1. The Morgan fingerprint density at radius 1 is 1.14 bits per heavy atom.